The molecule has 1 aromatic heterocycles. The summed E-state index contributed by atoms with van der Waals surface area (Å²) in [7, 11) is 0. The van der Waals surface area contributed by atoms with Crippen molar-refractivity contribution in [3.05, 3.63) is 47.2 Å². The molecule has 0 bridgehead atoms. The van der Waals surface area contributed by atoms with Crippen LogP contribution in [0.2, 0.25) is 0 Å². The van der Waals surface area contributed by atoms with Gasteiger partial charge in [-0.15, -0.1) is 0 Å². The van der Waals surface area contributed by atoms with Gasteiger partial charge in [0.15, 0.2) is 11.6 Å². The van der Waals surface area contributed by atoms with Crippen molar-refractivity contribution in [2.24, 2.45) is 0 Å². The Morgan fingerprint density at radius 1 is 1.32 bits per heavy atom. The summed E-state index contributed by atoms with van der Waals surface area (Å²) in [6, 6.07) is 6.94. The number of hydrogen-bond donors (Lipinski definition) is 1. The van der Waals surface area contributed by atoms with Crippen molar-refractivity contribution in [3.63, 3.8) is 0 Å². The van der Waals surface area contributed by atoms with Crippen LogP contribution >= 0.6 is 0 Å². The van der Waals surface area contributed by atoms with Gasteiger partial charge in [0.2, 0.25) is 0 Å². The van der Waals surface area contributed by atoms with Crippen molar-refractivity contribution < 1.29 is 9.13 Å². The van der Waals surface area contributed by atoms with E-state index in [4.69, 9.17) is 4.74 Å². The van der Waals surface area contributed by atoms with Crippen LogP contribution in [0, 0.1) is 12.7 Å². The number of benzene rings is 1. The maximum absolute atomic E-state index is 13.8. The molecular weight excluding hydrogens is 281 g/mol. The van der Waals surface area contributed by atoms with E-state index in [1.54, 1.807) is 6.07 Å². The monoisotopic (exact) mass is 301 g/mol. The number of nitrogens with zero attached hydrogens (tertiary/aromatic N) is 2. The molecule has 1 N–H and O–H groups in total. The number of rotatable bonds is 3. The van der Waals surface area contributed by atoms with Crippen molar-refractivity contribution in [3.8, 4) is 5.75 Å². The summed E-state index contributed by atoms with van der Waals surface area (Å²) < 4.78 is 19.3. The van der Waals surface area contributed by atoms with Crippen LogP contribution in [0.3, 0.4) is 0 Å². The zero-order chi connectivity index (χ0) is 15.7. The van der Waals surface area contributed by atoms with Crippen LogP contribution in [0.25, 0.3) is 0 Å². The van der Waals surface area contributed by atoms with Gasteiger partial charge in [0.05, 0.1) is 12.6 Å². The number of fused-ring (bicyclic) bond motifs is 1. The van der Waals surface area contributed by atoms with Crippen LogP contribution < -0.4 is 10.1 Å². The highest BCUT2D eigenvalue weighted by Gasteiger charge is 2.24. The maximum Gasteiger partial charge on any atom is 0.165 e. The van der Waals surface area contributed by atoms with Crippen molar-refractivity contribution in [2.45, 2.75) is 39.2 Å². The third-order valence-corrected chi connectivity index (χ3v) is 3.74. The first-order chi connectivity index (χ1) is 10.5. The Hall–Kier alpha value is -2.17. The van der Waals surface area contributed by atoms with E-state index in [1.807, 2.05) is 19.1 Å². The number of ether oxygens (including phenoxy) is 1. The fraction of sp³-hybridized carbons (Fsp3) is 0.412. The molecule has 0 spiro atoms. The fourth-order valence-electron chi connectivity index (χ4n) is 2.64. The molecule has 0 radical (unpaired) electrons. The minimum absolute atomic E-state index is 0.00578. The molecule has 0 saturated heterocycles. The zero-order valence-corrected chi connectivity index (χ0v) is 13.1. The molecular formula is C17H20FN3O. The quantitative estimate of drug-likeness (QED) is 0.931. The van der Waals surface area contributed by atoms with Crippen LogP contribution in [0.5, 0.6) is 5.75 Å². The highest BCUT2D eigenvalue weighted by atomic mass is 19.1. The Morgan fingerprint density at radius 3 is 2.91 bits per heavy atom. The second-order valence-corrected chi connectivity index (χ2v) is 5.90. The molecule has 5 heteroatoms. The van der Waals surface area contributed by atoms with Crippen LogP contribution in [0.15, 0.2) is 24.3 Å². The van der Waals surface area contributed by atoms with E-state index < -0.39 is 0 Å². The molecule has 0 unspecified atom stereocenters. The Balaban J connectivity index is 1.91. The highest BCUT2D eigenvalue weighted by molar-refractivity contribution is 5.45. The van der Waals surface area contributed by atoms with Crippen LogP contribution in [-0.4, -0.2) is 16.6 Å². The van der Waals surface area contributed by atoms with Crippen LogP contribution in [0.4, 0.5) is 10.2 Å². The molecule has 1 aromatic carbocycles. The molecule has 0 saturated carbocycles. The van der Waals surface area contributed by atoms with Gasteiger partial charge in [0, 0.05) is 29.7 Å². The number of aryl methyl sites for hydroxylation is 1. The number of hydrogen-bond acceptors (Lipinski definition) is 4. The van der Waals surface area contributed by atoms with E-state index in [-0.39, 0.29) is 17.8 Å². The van der Waals surface area contributed by atoms with Crippen LogP contribution in [0.1, 0.15) is 49.3 Å². The molecule has 2 aromatic rings. The maximum atomic E-state index is 13.8. The second kappa shape index (κ2) is 5.91. The average molecular weight is 301 g/mol. The normalized spacial score (nSPS) is 17.0. The van der Waals surface area contributed by atoms with Crippen molar-refractivity contribution >= 4 is 5.82 Å². The van der Waals surface area contributed by atoms with Crippen molar-refractivity contribution in [1.29, 1.82) is 0 Å². The second-order valence-electron chi connectivity index (χ2n) is 5.90. The first-order valence-corrected chi connectivity index (χ1v) is 7.58. The van der Waals surface area contributed by atoms with Gasteiger partial charge < -0.3 is 10.1 Å². The Bertz CT molecular complexity index is 688. The molecule has 1 atom stereocenters. The number of anilines is 1. The smallest absolute Gasteiger partial charge is 0.165 e. The third kappa shape index (κ3) is 2.89. The minimum atomic E-state index is -0.314. The van der Waals surface area contributed by atoms with Gasteiger partial charge in [-0.2, -0.15) is 0 Å². The standard InChI is InChI=1S/C17H20FN3O/c1-10(2)17-19-11(3)9-15(21-17)20-14-7-8-22-16-12(14)5-4-6-13(16)18/h4-6,9-10,14H,7-8H2,1-3H3,(H,19,20,21)/t14-/m0/s1. The van der Waals surface area contributed by atoms with Gasteiger partial charge in [-0.3, -0.25) is 0 Å². The summed E-state index contributed by atoms with van der Waals surface area (Å²) in [5, 5.41) is 3.40. The van der Waals surface area contributed by atoms with Crippen LogP contribution in [-0.2, 0) is 0 Å². The van der Waals surface area contributed by atoms with Gasteiger partial charge >= 0.3 is 0 Å². The summed E-state index contributed by atoms with van der Waals surface area (Å²) in [4.78, 5) is 9.01. The largest absolute Gasteiger partial charge is 0.490 e. The topological polar surface area (TPSA) is 47.0 Å². The molecule has 0 fully saturated rings. The van der Waals surface area contributed by atoms with E-state index in [9.17, 15) is 4.39 Å². The van der Waals surface area contributed by atoms with E-state index >= 15 is 0 Å². The van der Waals surface area contributed by atoms with E-state index in [2.05, 4.69) is 29.1 Å². The SMILES string of the molecule is Cc1cc(N[C@H]2CCOc3c(F)cccc32)nc(C(C)C)n1. The minimum Gasteiger partial charge on any atom is -0.490 e. The summed E-state index contributed by atoms with van der Waals surface area (Å²) in [5.74, 6) is 1.89. The lowest BCUT2D eigenvalue weighted by molar-refractivity contribution is 0.260. The highest BCUT2D eigenvalue weighted by Crippen LogP contribution is 2.35. The van der Waals surface area contributed by atoms with Gasteiger partial charge in [-0.05, 0) is 13.0 Å². The Kier molecular flexibility index (Phi) is 3.96. The van der Waals surface area contributed by atoms with E-state index in [1.165, 1.54) is 6.07 Å². The molecule has 0 amide bonds. The molecule has 4 nitrogen and oxygen atoms in total. The van der Waals surface area contributed by atoms with Crippen molar-refractivity contribution in [1.82, 2.24) is 9.97 Å². The third-order valence-electron chi connectivity index (χ3n) is 3.74. The lowest BCUT2D eigenvalue weighted by Gasteiger charge is -2.27. The number of aromatic nitrogens is 2. The van der Waals surface area contributed by atoms with Gasteiger partial charge in [0.25, 0.3) is 0 Å². The van der Waals surface area contributed by atoms with E-state index in [0.29, 0.717) is 12.4 Å². The van der Waals surface area contributed by atoms with Crippen molar-refractivity contribution in [2.75, 3.05) is 11.9 Å². The molecule has 22 heavy (non-hydrogen) atoms. The Morgan fingerprint density at radius 2 is 2.14 bits per heavy atom. The molecule has 1 aliphatic rings. The lowest BCUT2D eigenvalue weighted by Crippen LogP contribution is -2.22. The molecule has 1 aliphatic heterocycles. The first-order valence-electron chi connectivity index (χ1n) is 7.58. The predicted octanol–water partition coefficient (Wildman–Crippen LogP) is 3.98. The number of halogens is 1. The number of nitrogens with one attached hydrogen (secondary N) is 1. The zero-order valence-electron chi connectivity index (χ0n) is 13.1. The molecule has 116 valence electrons. The number of para-hydroxylation sites is 1. The first kappa shape index (κ1) is 14.8. The van der Waals surface area contributed by atoms with Gasteiger partial charge in [0.1, 0.15) is 11.6 Å². The lowest BCUT2D eigenvalue weighted by atomic mass is 10.0. The summed E-state index contributed by atoms with van der Waals surface area (Å²) >= 11 is 0. The Labute approximate surface area is 129 Å². The fourth-order valence-corrected chi connectivity index (χ4v) is 2.64. The molecule has 0 aliphatic carbocycles. The average Bonchev–Trinajstić information content (AvgIpc) is 2.48. The summed E-state index contributed by atoms with van der Waals surface area (Å²) in [6.45, 7) is 6.58. The predicted molar refractivity (Wildman–Crippen MR) is 83.7 cm³/mol. The van der Waals surface area contributed by atoms with Gasteiger partial charge in [-0.1, -0.05) is 26.0 Å². The molecule has 3 rings (SSSR count). The summed E-state index contributed by atoms with van der Waals surface area (Å²) in [6.07, 6.45) is 0.774. The summed E-state index contributed by atoms with van der Waals surface area (Å²) in [5.41, 5.74) is 1.77. The molecule has 2 heterocycles. The van der Waals surface area contributed by atoms with Gasteiger partial charge in [-0.25, -0.2) is 14.4 Å². The van der Waals surface area contributed by atoms with E-state index in [0.717, 1.165) is 29.3 Å².